The lowest BCUT2D eigenvalue weighted by Gasteiger charge is -2.33. The third-order valence-electron chi connectivity index (χ3n) is 5.79. The van der Waals surface area contributed by atoms with Crippen molar-refractivity contribution < 1.29 is 18.3 Å². The van der Waals surface area contributed by atoms with Gasteiger partial charge in [0, 0.05) is 38.1 Å². The molecule has 2 saturated carbocycles. The van der Waals surface area contributed by atoms with Crippen LogP contribution in [0.2, 0.25) is 5.02 Å². The van der Waals surface area contributed by atoms with Crippen molar-refractivity contribution >= 4 is 27.6 Å². The Hall–Kier alpha value is -1.82. The normalized spacial score (nSPS) is 23.6. The molecule has 0 amide bonds. The van der Waals surface area contributed by atoms with Gasteiger partial charge >= 0.3 is 0 Å². The Morgan fingerprint density at radius 3 is 2.53 bits per heavy atom. The van der Waals surface area contributed by atoms with E-state index in [0.29, 0.717) is 5.02 Å². The van der Waals surface area contributed by atoms with Crippen molar-refractivity contribution in [1.82, 2.24) is 24.7 Å². The summed E-state index contributed by atoms with van der Waals surface area (Å²) in [7, 11) is -2.47. The van der Waals surface area contributed by atoms with Gasteiger partial charge in [-0.15, -0.1) is 10.2 Å². The molecule has 2 fully saturated rings. The van der Waals surface area contributed by atoms with E-state index in [-0.39, 0.29) is 36.3 Å². The van der Waals surface area contributed by atoms with E-state index in [2.05, 4.69) is 24.9 Å². The van der Waals surface area contributed by atoms with Crippen molar-refractivity contribution in [3.05, 3.63) is 29.1 Å². The van der Waals surface area contributed by atoms with Gasteiger partial charge in [-0.05, 0) is 38.5 Å². The third-order valence-corrected chi connectivity index (χ3v) is 7.68. The van der Waals surface area contributed by atoms with Crippen LogP contribution in [-0.2, 0) is 14.8 Å². The second kappa shape index (κ2) is 8.37. The van der Waals surface area contributed by atoms with E-state index >= 15 is 0 Å². The van der Waals surface area contributed by atoms with E-state index in [9.17, 15) is 13.5 Å². The summed E-state index contributed by atoms with van der Waals surface area (Å²) in [4.78, 5) is 8.19. The van der Waals surface area contributed by atoms with Crippen molar-refractivity contribution in [2.45, 2.75) is 55.9 Å². The Kier molecular flexibility index (Phi) is 5.97. The van der Waals surface area contributed by atoms with Crippen LogP contribution in [0.5, 0.6) is 0 Å². The highest BCUT2D eigenvalue weighted by molar-refractivity contribution is 7.93. The van der Waals surface area contributed by atoms with Crippen LogP contribution >= 0.6 is 11.6 Å². The van der Waals surface area contributed by atoms with Crippen LogP contribution < -0.4 is 4.72 Å². The summed E-state index contributed by atoms with van der Waals surface area (Å²) in [6.45, 7) is 1.70. The molecule has 2 N–H and O–H groups in total. The second-order valence-electron chi connectivity index (χ2n) is 7.97. The van der Waals surface area contributed by atoms with Gasteiger partial charge < -0.3 is 9.84 Å². The van der Waals surface area contributed by atoms with E-state index in [4.69, 9.17) is 16.3 Å². The Morgan fingerprint density at radius 2 is 1.97 bits per heavy atom. The number of ether oxygens (including phenoxy) is 1. The molecule has 0 aromatic carbocycles. The molecule has 0 aliphatic heterocycles. The number of hydrogen-bond acceptors (Lipinski definition) is 8. The van der Waals surface area contributed by atoms with E-state index in [0.717, 1.165) is 31.5 Å². The summed E-state index contributed by atoms with van der Waals surface area (Å²) < 4.78 is 36.1. The molecule has 2 aliphatic rings. The Bertz CT molecular complexity index is 989. The fourth-order valence-corrected chi connectivity index (χ4v) is 5.03. The molecular formula is C18H25ClN6O4S. The second-order valence-corrected chi connectivity index (χ2v) is 10.4. The number of rotatable bonds is 9. The van der Waals surface area contributed by atoms with Crippen molar-refractivity contribution in [2.75, 3.05) is 18.4 Å². The zero-order valence-corrected chi connectivity index (χ0v) is 18.3. The molecule has 0 saturated heterocycles. The van der Waals surface area contributed by atoms with Crippen LogP contribution in [0, 0.1) is 5.92 Å². The Morgan fingerprint density at radius 1 is 1.30 bits per heavy atom. The number of aliphatic hydroxyl groups excluding tert-OH is 1. The van der Waals surface area contributed by atoms with E-state index in [1.165, 1.54) is 26.4 Å². The molecule has 10 nitrogen and oxygen atoms in total. The van der Waals surface area contributed by atoms with Crippen molar-refractivity contribution in [3.63, 3.8) is 0 Å². The van der Waals surface area contributed by atoms with E-state index in [1.807, 2.05) is 4.57 Å². The minimum Gasteiger partial charge on any atom is -0.396 e. The maximum atomic E-state index is 13.1. The van der Waals surface area contributed by atoms with Crippen LogP contribution in [0.25, 0.3) is 0 Å². The summed E-state index contributed by atoms with van der Waals surface area (Å²) in [5, 5.41) is 17.1. The summed E-state index contributed by atoms with van der Waals surface area (Å²) in [6.07, 6.45) is 5.52. The van der Waals surface area contributed by atoms with Crippen molar-refractivity contribution in [2.24, 2.45) is 5.92 Å². The van der Waals surface area contributed by atoms with Gasteiger partial charge in [-0.2, -0.15) is 0 Å². The first-order valence-corrected chi connectivity index (χ1v) is 11.8. The Labute approximate surface area is 180 Å². The zero-order chi connectivity index (χ0) is 21.5. The third kappa shape index (κ3) is 4.16. The molecule has 0 unspecified atom stereocenters. The molecule has 0 radical (unpaired) electrons. The largest absolute Gasteiger partial charge is 0.396 e. The zero-order valence-electron chi connectivity index (χ0n) is 16.8. The lowest BCUT2D eigenvalue weighted by molar-refractivity contribution is 0.0950. The highest BCUT2D eigenvalue weighted by atomic mass is 35.5. The SMILES string of the molecule is CO[C@H](c1ncc(Cl)cn1)[C@H](C)S(=O)(=O)Nc1nnc(C2CC(CO)C2)n1C1CC1. The minimum absolute atomic E-state index is 0.163. The topological polar surface area (TPSA) is 132 Å². The number of methoxy groups -OCH3 is 1. The lowest BCUT2D eigenvalue weighted by atomic mass is 9.75. The molecule has 12 heteroatoms. The fraction of sp³-hybridized carbons (Fsp3) is 0.667. The summed E-state index contributed by atoms with van der Waals surface area (Å²) >= 11 is 5.82. The van der Waals surface area contributed by atoms with Gasteiger partial charge in [0.05, 0.1) is 5.02 Å². The number of hydrogen-bond donors (Lipinski definition) is 2. The van der Waals surface area contributed by atoms with Gasteiger partial charge in [0.25, 0.3) is 0 Å². The maximum Gasteiger partial charge on any atom is 0.240 e. The predicted octanol–water partition coefficient (Wildman–Crippen LogP) is 2.06. The first-order valence-electron chi connectivity index (χ1n) is 9.91. The average Bonchev–Trinajstić information content (AvgIpc) is 3.44. The van der Waals surface area contributed by atoms with E-state index in [1.54, 1.807) is 0 Å². The van der Waals surface area contributed by atoms with Crippen molar-refractivity contribution in [3.8, 4) is 0 Å². The summed E-state index contributed by atoms with van der Waals surface area (Å²) in [6, 6.07) is 0.203. The number of aromatic nitrogens is 5. The van der Waals surface area contributed by atoms with Gasteiger partial charge in [0.1, 0.15) is 17.2 Å². The molecule has 2 aliphatic carbocycles. The minimum atomic E-state index is -3.88. The van der Waals surface area contributed by atoms with Gasteiger partial charge in [-0.3, -0.25) is 9.29 Å². The molecule has 2 heterocycles. The highest BCUT2D eigenvalue weighted by Gasteiger charge is 2.40. The first kappa shape index (κ1) is 21.4. The number of nitrogens with one attached hydrogen (secondary N) is 1. The van der Waals surface area contributed by atoms with Crippen LogP contribution in [0.15, 0.2) is 12.4 Å². The number of sulfonamides is 1. The van der Waals surface area contributed by atoms with Gasteiger partial charge in [-0.25, -0.2) is 18.4 Å². The fourth-order valence-electron chi connectivity index (χ4n) is 3.80. The molecule has 2 atom stereocenters. The Balaban J connectivity index is 1.55. The molecule has 164 valence electrons. The van der Waals surface area contributed by atoms with Crippen molar-refractivity contribution in [1.29, 1.82) is 0 Å². The van der Waals surface area contributed by atoms with Crippen LogP contribution in [0.4, 0.5) is 5.95 Å². The highest BCUT2D eigenvalue weighted by Crippen LogP contribution is 2.46. The standard InChI is InChI=1S/C18H25ClN6O4S/c1-10(15(29-2)16-20-7-13(19)8-21-16)30(27,28)24-18-23-22-17(25(18)14-3-4-14)12-5-11(6-12)9-26/h7-8,10-12,14-15,26H,3-6,9H2,1-2H3,(H,23,24)/t10-,11?,12?,15-/m0/s1. The van der Waals surface area contributed by atoms with Crippen LogP contribution in [0.3, 0.4) is 0 Å². The molecule has 30 heavy (non-hydrogen) atoms. The van der Waals surface area contributed by atoms with Crippen LogP contribution in [-0.4, -0.2) is 57.2 Å². The molecule has 2 aromatic rings. The number of anilines is 1. The lowest BCUT2D eigenvalue weighted by Crippen LogP contribution is -2.33. The smallest absolute Gasteiger partial charge is 0.240 e. The molecule has 2 aromatic heterocycles. The maximum absolute atomic E-state index is 13.1. The summed E-state index contributed by atoms with van der Waals surface area (Å²) in [5.74, 6) is 1.71. The monoisotopic (exact) mass is 456 g/mol. The number of nitrogens with zero attached hydrogens (tertiary/aromatic N) is 5. The molecule has 0 spiro atoms. The summed E-state index contributed by atoms with van der Waals surface area (Å²) in [5.41, 5.74) is 0. The van der Waals surface area contributed by atoms with Gasteiger partial charge in [0.2, 0.25) is 16.0 Å². The van der Waals surface area contributed by atoms with E-state index < -0.39 is 21.4 Å². The molecule has 0 bridgehead atoms. The predicted molar refractivity (Wildman–Crippen MR) is 110 cm³/mol. The molecular weight excluding hydrogens is 432 g/mol. The quantitative estimate of drug-likeness (QED) is 0.585. The van der Waals surface area contributed by atoms with Gasteiger partial charge in [-0.1, -0.05) is 11.6 Å². The van der Waals surface area contributed by atoms with Gasteiger partial charge in [0.15, 0.2) is 5.82 Å². The molecule has 4 rings (SSSR count). The van der Waals surface area contributed by atoms with Crippen LogP contribution in [0.1, 0.15) is 62.3 Å². The number of aliphatic hydroxyl groups is 1. The first-order chi connectivity index (χ1) is 14.3. The average molecular weight is 457 g/mol. The number of halogens is 1.